The van der Waals surface area contributed by atoms with Crippen LogP contribution < -0.4 is 17.2 Å². The van der Waals surface area contributed by atoms with Crippen LogP contribution in [-0.4, -0.2) is 72.3 Å². The van der Waals surface area contributed by atoms with E-state index in [9.17, 15) is 5.11 Å². The fourth-order valence-corrected chi connectivity index (χ4v) is 2.68. The molecule has 2 rings (SSSR count). The molecule has 7 N–H and O–H groups in total. The van der Waals surface area contributed by atoms with Gasteiger partial charge < -0.3 is 31.9 Å². The summed E-state index contributed by atoms with van der Waals surface area (Å²) < 4.78 is 5.75. The molecule has 0 aromatic rings. The van der Waals surface area contributed by atoms with E-state index < -0.39 is 17.8 Å². The van der Waals surface area contributed by atoms with Gasteiger partial charge in [-0.2, -0.15) is 0 Å². The van der Waals surface area contributed by atoms with Crippen LogP contribution in [0.1, 0.15) is 13.3 Å². The summed E-state index contributed by atoms with van der Waals surface area (Å²) in [7, 11) is 1.60. The van der Waals surface area contributed by atoms with Gasteiger partial charge in [0.05, 0.1) is 25.4 Å². The van der Waals surface area contributed by atoms with E-state index in [1.54, 1.807) is 13.4 Å². The maximum atomic E-state index is 9.25. The molecule has 0 bridgehead atoms. The first kappa shape index (κ1) is 15.7. The quantitative estimate of drug-likeness (QED) is 0.342. The van der Waals surface area contributed by atoms with Gasteiger partial charge in [-0.15, -0.1) is 0 Å². The van der Waals surface area contributed by atoms with E-state index in [1.807, 2.05) is 11.8 Å². The third-order valence-electron chi connectivity index (χ3n) is 4.03. The van der Waals surface area contributed by atoms with Gasteiger partial charge in [0.15, 0.2) is 11.7 Å². The number of hydrogen-bond donors (Lipinski definition) is 4. The Kier molecular flexibility index (Phi) is 4.45. The predicted octanol–water partition coefficient (Wildman–Crippen LogP) is -2.18. The van der Waals surface area contributed by atoms with Crippen molar-refractivity contribution in [1.82, 2.24) is 4.90 Å². The van der Waals surface area contributed by atoms with Crippen LogP contribution in [0.5, 0.6) is 0 Å². The zero-order valence-electron chi connectivity index (χ0n) is 12.3. The molecule has 0 radical (unpaired) electrons. The maximum Gasteiger partial charge on any atom is 0.157 e. The highest BCUT2D eigenvalue weighted by atomic mass is 16.5. The molecule has 5 atom stereocenters. The lowest BCUT2D eigenvalue weighted by Gasteiger charge is -2.34. The van der Waals surface area contributed by atoms with Gasteiger partial charge in [-0.05, 0) is 6.92 Å². The summed E-state index contributed by atoms with van der Waals surface area (Å²) in [5.41, 5.74) is 16.6. The van der Waals surface area contributed by atoms with Crippen LogP contribution in [0.2, 0.25) is 0 Å². The molecule has 0 amide bonds. The number of hydrogen-bond acceptors (Lipinski definition) is 7. The molecule has 0 spiro atoms. The lowest BCUT2D eigenvalue weighted by molar-refractivity contribution is -0.0528. The summed E-state index contributed by atoms with van der Waals surface area (Å²) >= 11 is 0. The molecule has 0 saturated carbocycles. The van der Waals surface area contributed by atoms with Gasteiger partial charge >= 0.3 is 0 Å². The van der Waals surface area contributed by atoms with E-state index in [1.165, 1.54) is 6.34 Å². The summed E-state index contributed by atoms with van der Waals surface area (Å²) in [5, 5.41) is 9.25. The molecule has 0 aromatic heterocycles. The van der Waals surface area contributed by atoms with Crippen LogP contribution in [-0.2, 0) is 4.74 Å². The lowest BCUT2D eigenvalue weighted by atomic mass is 9.98. The molecule has 2 aliphatic rings. The van der Waals surface area contributed by atoms with Crippen molar-refractivity contribution in [3.63, 3.8) is 0 Å². The number of ether oxygens (including phenoxy) is 1. The zero-order chi connectivity index (χ0) is 15.6. The molecule has 21 heavy (non-hydrogen) atoms. The van der Waals surface area contributed by atoms with Crippen molar-refractivity contribution in [1.29, 1.82) is 0 Å². The third-order valence-corrected chi connectivity index (χ3v) is 4.03. The van der Waals surface area contributed by atoms with Gasteiger partial charge in [-0.1, -0.05) is 0 Å². The summed E-state index contributed by atoms with van der Waals surface area (Å²) in [6.45, 7) is 1.71. The number of nitrogens with zero attached hydrogens (tertiary/aromatic N) is 4. The van der Waals surface area contributed by atoms with Gasteiger partial charge in [0.2, 0.25) is 0 Å². The molecular formula is C12H23N7O2. The molecule has 5 unspecified atom stereocenters. The fourth-order valence-electron chi connectivity index (χ4n) is 2.68. The zero-order valence-corrected chi connectivity index (χ0v) is 12.3. The maximum absolute atomic E-state index is 9.25. The summed E-state index contributed by atoms with van der Waals surface area (Å²) in [4.78, 5) is 14.5. The molecule has 9 heteroatoms. The lowest BCUT2D eigenvalue weighted by Crippen LogP contribution is -2.53. The second-order valence-corrected chi connectivity index (χ2v) is 5.33. The van der Waals surface area contributed by atoms with Crippen molar-refractivity contribution in [2.45, 2.75) is 43.4 Å². The van der Waals surface area contributed by atoms with Gasteiger partial charge in [0.1, 0.15) is 12.1 Å². The van der Waals surface area contributed by atoms with E-state index in [2.05, 4.69) is 15.0 Å². The van der Waals surface area contributed by atoms with Crippen molar-refractivity contribution < 1.29 is 9.84 Å². The van der Waals surface area contributed by atoms with E-state index in [4.69, 9.17) is 21.9 Å². The largest absolute Gasteiger partial charge is 0.394 e. The van der Waals surface area contributed by atoms with Crippen LogP contribution in [0, 0.1) is 0 Å². The van der Waals surface area contributed by atoms with E-state index in [0.29, 0.717) is 12.3 Å². The number of aliphatic imine (C=N–C) groups is 3. The number of aliphatic hydroxyl groups excluding tert-OH is 1. The fraction of sp³-hybridized carbons (Fsp3) is 0.750. The van der Waals surface area contributed by atoms with Crippen LogP contribution in [0.15, 0.2) is 15.0 Å². The Balaban J connectivity index is 2.24. The molecule has 2 heterocycles. The highest BCUT2D eigenvalue weighted by Crippen LogP contribution is 2.32. The Morgan fingerprint density at radius 1 is 1.67 bits per heavy atom. The first-order valence-electron chi connectivity index (χ1n) is 6.78. The Bertz CT molecular complexity index is 467. The topological polar surface area (TPSA) is 148 Å². The normalized spacial score (nSPS) is 40.6. The second-order valence-electron chi connectivity index (χ2n) is 5.33. The monoisotopic (exact) mass is 297 g/mol. The molecule has 1 fully saturated rings. The third kappa shape index (κ3) is 2.59. The number of amidine groups is 1. The van der Waals surface area contributed by atoms with Gasteiger partial charge in [0, 0.05) is 19.5 Å². The van der Waals surface area contributed by atoms with Crippen LogP contribution in [0.4, 0.5) is 0 Å². The van der Waals surface area contributed by atoms with Gasteiger partial charge in [-0.25, -0.2) is 4.99 Å². The van der Waals surface area contributed by atoms with Crippen LogP contribution in [0.3, 0.4) is 0 Å². The molecule has 0 aromatic carbocycles. The summed E-state index contributed by atoms with van der Waals surface area (Å²) in [5.74, 6) is 0.359. The molecule has 1 saturated heterocycles. The van der Waals surface area contributed by atoms with Gasteiger partial charge in [0.25, 0.3) is 0 Å². The first-order chi connectivity index (χ1) is 9.97. The minimum absolute atomic E-state index is 0.122. The Hall–Kier alpha value is -1.71. The SMILES string of the molecule is CN=C(N)C1(C)N=CN(C2CC(N)C(CO)O2)C1N=CN. The van der Waals surface area contributed by atoms with Gasteiger partial charge in [-0.3, -0.25) is 9.98 Å². The van der Waals surface area contributed by atoms with Crippen molar-refractivity contribution >= 4 is 18.5 Å². The van der Waals surface area contributed by atoms with E-state index in [0.717, 1.165) is 0 Å². The second kappa shape index (κ2) is 5.96. The number of aliphatic hydroxyl groups is 1. The molecule has 118 valence electrons. The minimum Gasteiger partial charge on any atom is -0.394 e. The molecule has 0 aliphatic carbocycles. The highest BCUT2D eigenvalue weighted by Gasteiger charge is 2.49. The molecule has 2 aliphatic heterocycles. The molecule has 9 nitrogen and oxygen atoms in total. The summed E-state index contributed by atoms with van der Waals surface area (Å²) in [6.07, 6.45) is 2.23. The van der Waals surface area contributed by atoms with Crippen molar-refractivity contribution in [3.05, 3.63) is 0 Å². The van der Waals surface area contributed by atoms with Crippen molar-refractivity contribution in [2.75, 3.05) is 13.7 Å². The summed E-state index contributed by atoms with van der Waals surface area (Å²) in [6, 6.07) is -0.236. The van der Waals surface area contributed by atoms with Crippen LogP contribution in [0.25, 0.3) is 0 Å². The standard InChI is InChI=1S/C12H23N7O2/c1-12(10(15)16-2)11(17-5-13)19(6-18-12)9-3-7(14)8(4-20)21-9/h5-9,11,20H,3-4,14H2,1-2H3,(H2,13,17)(H2,15,16). The number of rotatable bonds is 4. The highest BCUT2D eigenvalue weighted by molar-refractivity contribution is 5.93. The van der Waals surface area contributed by atoms with Crippen molar-refractivity contribution in [3.8, 4) is 0 Å². The van der Waals surface area contributed by atoms with Crippen LogP contribution >= 0.6 is 0 Å². The smallest absolute Gasteiger partial charge is 0.157 e. The Morgan fingerprint density at radius 2 is 2.38 bits per heavy atom. The average molecular weight is 297 g/mol. The minimum atomic E-state index is -0.810. The van der Waals surface area contributed by atoms with Crippen molar-refractivity contribution in [2.24, 2.45) is 32.2 Å². The number of nitrogens with two attached hydrogens (primary N) is 3. The molecular weight excluding hydrogens is 274 g/mol. The Labute approximate surface area is 123 Å². The average Bonchev–Trinajstić information content (AvgIpc) is 3.00. The predicted molar refractivity (Wildman–Crippen MR) is 81.1 cm³/mol. The first-order valence-corrected chi connectivity index (χ1v) is 6.78. The van der Waals surface area contributed by atoms with E-state index in [-0.39, 0.29) is 18.9 Å². The van der Waals surface area contributed by atoms with E-state index >= 15 is 0 Å². The Morgan fingerprint density at radius 3 is 2.90 bits per heavy atom.